The molecule has 0 fully saturated rings. The highest BCUT2D eigenvalue weighted by Crippen LogP contribution is 2.27. The molecule has 2 rings (SSSR count). The molecule has 0 spiro atoms. The molecule has 0 aliphatic carbocycles. The number of H-pyrrole nitrogens is 1. The molecule has 0 bridgehead atoms. The van der Waals surface area contributed by atoms with Crippen LogP contribution in [0.2, 0.25) is 0 Å². The predicted molar refractivity (Wildman–Crippen MR) is 75.6 cm³/mol. The van der Waals surface area contributed by atoms with Crippen LogP contribution in [0.25, 0.3) is 11.4 Å². The Hall–Kier alpha value is -0.940. The van der Waals surface area contributed by atoms with Gasteiger partial charge >= 0.3 is 0 Å². The maximum Gasteiger partial charge on any atom is 0.195 e. The lowest BCUT2D eigenvalue weighted by atomic mass is 10.1. The van der Waals surface area contributed by atoms with Crippen molar-refractivity contribution in [1.82, 2.24) is 14.8 Å². The molecule has 0 aliphatic heterocycles. The van der Waals surface area contributed by atoms with Gasteiger partial charge in [-0.25, -0.2) is 0 Å². The smallest absolute Gasteiger partial charge is 0.195 e. The fourth-order valence-electron chi connectivity index (χ4n) is 1.76. The molecule has 3 nitrogen and oxygen atoms in total. The first-order chi connectivity index (χ1) is 8.13. The summed E-state index contributed by atoms with van der Waals surface area (Å²) in [5.74, 6) is 0.896. The maximum atomic E-state index is 5.24. The standard InChI is InChI=1S/C12H14BrN3S/c1-3-6-16-11(14-15-12(16)17)9-7-8(2)4-5-10(9)13/h4-5,7H,3,6H2,1-2H3,(H,15,17). The van der Waals surface area contributed by atoms with Gasteiger partial charge in [-0.2, -0.15) is 5.10 Å². The highest BCUT2D eigenvalue weighted by molar-refractivity contribution is 9.10. The number of aromatic amines is 1. The number of halogens is 1. The van der Waals surface area contributed by atoms with Crippen molar-refractivity contribution in [2.24, 2.45) is 0 Å². The van der Waals surface area contributed by atoms with Gasteiger partial charge in [0.2, 0.25) is 0 Å². The van der Waals surface area contributed by atoms with Gasteiger partial charge in [0.25, 0.3) is 0 Å². The number of aryl methyl sites for hydroxylation is 1. The van der Waals surface area contributed by atoms with E-state index in [1.54, 1.807) is 0 Å². The molecular formula is C12H14BrN3S. The van der Waals surface area contributed by atoms with Crippen molar-refractivity contribution in [1.29, 1.82) is 0 Å². The Bertz CT molecular complexity index is 586. The van der Waals surface area contributed by atoms with Gasteiger partial charge in [-0.15, -0.1) is 0 Å². The van der Waals surface area contributed by atoms with E-state index in [2.05, 4.69) is 52.1 Å². The van der Waals surface area contributed by atoms with Crippen LogP contribution in [0.15, 0.2) is 22.7 Å². The van der Waals surface area contributed by atoms with Crippen molar-refractivity contribution in [3.8, 4) is 11.4 Å². The van der Waals surface area contributed by atoms with Crippen molar-refractivity contribution in [3.05, 3.63) is 33.0 Å². The van der Waals surface area contributed by atoms with Gasteiger partial charge in [-0.1, -0.05) is 34.5 Å². The topological polar surface area (TPSA) is 33.6 Å². The van der Waals surface area contributed by atoms with Crippen LogP contribution in [0.3, 0.4) is 0 Å². The van der Waals surface area contributed by atoms with E-state index in [0.29, 0.717) is 4.77 Å². The molecule has 1 aromatic heterocycles. The second-order valence-corrected chi connectivity index (χ2v) is 5.23. The Morgan fingerprint density at radius 1 is 1.47 bits per heavy atom. The molecule has 0 aliphatic rings. The van der Waals surface area contributed by atoms with Crippen LogP contribution >= 0.6 is 28.1 Å². The Morgan fingerprint density at radius 3 is 2.94 bits per heavy atom. The van der Waals surface area contributed by atoms with Crippen LogP contribution in [0.4, 0.5) is 0 Å². The predicted octanol–water partition coefficient (Wildman–Crippen LogP) is 4.09. The number of hydrogen-bond acceptors (Lipinski definition) is 2. The van der Waals surface area contributed by atoms with Crippen molar-refractivity contribution >= 4 is 28.1 Å². The lowest BCUT2D eigenvalue weighted by molar-refractivity contribution is 0.674. The average molecular weight is 312 g/mol. The first kappa shape index (κ1) is 12.5. The minimum atomic E-state index is 0.676. The molecule has 0 amide bonds. The molecule has 1 N–H and O–H groups in total. The average Bonchev–Trinajstić information content (AvgIpc) is 2.65. The van der Waals surface area contributed by atoms with Crippen LogP contribution in [-0.4, -0.2) is 14.8 Å². The molecule has 0 atom stereocenters. The Labute approximate surface area is 114 Å². The lowest BCUT2D eigenvalue weighted by Gasteiger charge is -2.07. The third kappa shape index (κ3) is 2.50. The van der Waals surface area contributed by atoms with Crippen molar-refractivity contribution in [3.63, 3.8) is 0 Å². The number of nitrogens with zero attached hydrogens (tertiary/aromatic N) is 2. The molecule has 0 radical (unpaired) electrons. The van der Waals surface area contributed by atoms with Gasteiger partial charge < -0.3 is 4.57 Å². The van der Waals surface area contributed by atoms with Gasteiger partial charge in [-0.3, -0.25) is 5.10 Å². The van der Waals surface area contributed by atoms with E-state index in [1.165, 1.54) is 5.56 Å². The van der Waals surface area contributed by atoms with E-state index in [0.717, 1.165) is 28.8 Å². The number of benzene rings is 1. The van der Waals surface area contributed by atoms with E-state index in [4.69, 9.17) is 12.2 Å². The number of hydrogen-bond donors (Lipinski definition) is 1. The second-order valence-electron chi connectivity index (χ2n) is 3.99. The third-order valence-corrected chi connectivity index (χ3v) is 3.57. The van der Waals surface area contributed by atoms with Crippen LogP contribution in [0.5, 0.6) is 0 Å². The van der Waals surface area contributed by atoms with Crippen LogP contribution in [-0.2, 0) is 6.54 Å². The summed E-state index contributed by atoms with van der Waals surface area (Å²) in [5, 5.41) is 7.18. The Morgan fingerprint density at radius 2 is 2.24 bits per heavy atom. The first-order valence-electron chi connectivity index (χ1n) is 5.55. The fraction of sp³-hybridized carbons (Fsp3) is 0.333. The molecule has 17 heavy (non-hydrogen) atoms. The van der Waals surface area contributed by atoms with E-state index in [-0.39, 0.29) is 0 Å². The van der Waals surface area contributed by atoms with Gasteiger partial charge in [0.15, 0.2) is 10.6 Å². The summed E-state index contributed by atoms with van der Waals surface area (Å²) < 4.78 is 3.75. The molecule has 0 unspecified atom stereocenters. The van der Waals surface area contributed by atoms with Crippen LogP contribution < -0.4 is 0 Å². The molecule has 1 aromatic carbocycles. The fourth-order valence-corrected chi connectivity index (χ4v) is 2.41. The van der Waals surface area contributed by atoms with E-state index in [9.17, 15) is 0 Å². The summed E-state index contributed by atoms with van der Waals surface area (Å²) in [6.07, 6.45) is 1.03. The molecule has 5 heteroatoms. The van der Waals surface area contributed by atoms with Crippen molar-refractivity contribution in [2.45, 2.75) is 26.8 Å². The highest BCUT2D eigenvalue weighted by atomic mass is 79.9. The molecule has 1 heterocycles. The summed E-state index contributed by atoms with van der Waals surface area (Å²) in [6.45, 7) is 5.08. The summed E-state index contributed by atoms with van der Waals surface area (Å²) in [6, 6.07) is 6.22. The Balaban J connectivity index is 2.60. The molecule has 2 aromatic rings. The zero-order valence-corrected chi connectivity index (χ0v) is 12.2. The monoisotopic (exact) mass is 311 g/mol. The minimum absolute atomic E-state index is 0.676. The van der Waals surface area contributed by atoms with Gasteiger partial charge in [0.05, 0.1) is 0 Å². The van der Waals surface area contributed by atoms with Gasteiger partial charge in [0, 0.05) is 16.6 Å². The quantitative estimate of drug-likeness (QED) is 0.866. The number of rotatable bonds is 3. The van der Waals surface area contributed by atoms with Crippen molar-refractivity contribution < 1.29 is 0 Å². The van der Waals surface area contributed by atoms with Crippen LogP contribution in [0.1, 0.15) is 18.9 Å². The minimum Gasteiger partial charge on any atom is -0.300 e. The number of aromatic nitrogens is 3. The largest absolute Gasteiger partial charge is 0.300 e. The molecule has 0 saturated heterocycles. The normalized spacial score (nSPS) is 10.8. The first-order valence-corrected chi connectivity index (χ1v) is 6.75. The zero-order valence-electron chi connectivity index (χ0n) is 9.83. The van der Waals surface area contributed by atoms with Gasteiger partial charge in [0.1, 0.15) is 0 Å². The highest BCUT2D eigenvalue weighted by Gasteiger charge is 2.11. The zero-order chi connectivity index (χ0) is 12.4. The van der Waals surface area contributed by atoms with E-state index in [1.807, 2.05) is 10.6 Å². The molecule has 90 valence electrons. The summed E-state index contributed by atoms with van der Waals surface area (Å²) in [7, 11) is 0. The Kier molecular flexibility index (Phi) is 3.79. The summed E-state index contributed by atoms with van der Waals surface area (Å²) >= 11 is 8.80. The SMILES string of the molecule is CCCn1c(-c2cc(C)ccc2Br)n[nH]c1=S. The summed E-state index contributed by atoms with van der Waals surface area (Å²) in [4.78, 5) is 0. The van der Waals surface area contributed by atoms with Crippen LogP contribution in [0, 0.1) is 11.7 Å². The van der Waals surface area contributed by atoms with E-state index >= 15 is 0 Å². The van der Waals surface area contributed by atoms with E-state index < -0.39 is 0 Å². The maximum absolute atomic E-state index is 5.24. The van der Waals surface area contributed by atoms with Crippen molar-refractivity contribution in [2.75, 3.05) is 0 Å². The summed E-state index contributed by atoms with van der Waals surface area (Å²) in [5.41, 5.74) is 2.28. The lowest BCUT2D eigenvalue weighted by Crippen LogP contribution is -2.00. The molecular weight excluding hydrogens is 298 g/mol. The van der Waals surface area contributed by atoms with Gasteiger partial charge in [-0.05, 0) is 37.7 Å². The third-order valence-electron chi connectivity index (χ3n) is 2.57. The number of nitrogens with one attached hydrogen (secondary N) is 1. The molecule has 0 saturated carbocycles. The second kappa shape index (κ2) is 5.14.